The highest BCUT2D eigenvalue weighted by Crippen LogP contribution is 2.57. The van der Waals surface area contributed by atoms with Crippen molar-refractivity contribution in [2.24, 2.45) is 29.4 Å². The van der Waals surface area contributed by atoms with E-state index in [2.05, 4.69) is 10.6 Å². The number of carbonyl (C=O) groups is 1. The first-order valence-corrected chi connectivity index (χ1v) is 10.8. The van der Waals surface area contributed by atoms with Crippen LogP contribution in [0, 0.1) is 23.7 Å². The molecule has 4 bridgehead atoms. The van der Waals surface area contributed by atoms with E-state index in [-0.39, 0.29) is 23.9 Å². The van der Waals surface area contributed by atoms with Crippen molar-refractivity contribution in [1.29, 1.82) is 0 Å². The van der Waals surface area contributed by atoms with Crippen molar-refractivity contribution in [3.63, 3.8) is 0 Å². The van der Waals surface area contributed by atoms with Gasteiger partial charge in [-0.25, -0.2) is 4.79 Å². The van der Waals surface area contributed by atoms with E-state index in [1.165, 1.54) is 32.1 Å². The fraction of sp³-hybridized carbons (Fsp3) is 0.682. The number of urea groups is 1. The zero-order valence-corrected chi connectivity index (χ0v) is 16.2. The fourth-order valence-corrected chi connectivity index (χ4v) is 6.65. The van der Waals surface area contributed by atoms with E-state index in [9.17, 15) is 4.79 Å². The Hall–Kier alpha value is -1.95. The van der Waals surface area contributed by atoms with Crippen molar-refractivity contribution in [1.82, 2.24) is 10.6 Å². The number of carbonyl (C=O) groups excluding carboxylic acids is 1. The van der Waals surface area contributed by atoms with Gasteiger partial charge in [-0.05, 0) is 86.3 Å². The minimum atomic E-state index is -0.281. The number of rotatable bonds is 4. The number of ether oxygens (including phenoxy) is 2. The maximum absolute atomic E-state index is 12.7. The minimum absolute atomic E-state index is 0.103. The van der Waals surface area contributed by atoms with Gasteiger partial charge in [0.25, 0.3) is 0 Å². The molecule has 5 saturated carbocycles. The van der Waals surface area contributed by atoms with Crippen LogP contribution in [0.25, 0.3) is 0 Å². The monoisotopic (exact) mass is 383 g/mol. The van der Waals surface area contributed by atoms with Gasteiger partial charge in [-0.15, -0.1) is 0 Å². The molecule has 1 heterocycles. The molecular weight excluding hydrogens is 354 g/mol. The topological polar surface area (TPSA) is 85.6 Å². The lowest BCUT2D eigenvalue weighted by molar-refractivity contribution is -0.0530. The number of amides is 2. The summed E-state index contributed by atoms with van der Waals surface area (Å²) in [5.41, 5.74) is 7.50. The van der Waals surface area contributed by atoms with Crippen LogP contribution in [0.2, 0.25) is 0 Å². The number of fused-ring (bicyclic) bond motifs is 1. The molecule has 0 saturated heterocycles. The van der Waals surface area contributed by atoms with E-state index < -0.39 is 0 Å². The highest BCUT2D eigenvalue weighted by Gasteiger charge is 2.55. The summed E-state index contributed by atoms with van der Waals surface area (Å²) in [6.07, 6.45) is 8.34. The first-order valence-electron chi connectivity index (χ1n) is 10.8. The second-order valence-electron chi connectivity index (χ2n) is 9.87. The molecule has 6 aliphatic rings. The summed E-state index contributed by atoms with van der Waals surface area (Å²) in [5.74, 6) is 4.46. The molecule has 2 amide bonds. The lowest BCUT2D eigenvalue weighted by atomic mass is 9.49. The second-order valence-corrected chi connectivity index (χ2v) is 9.87. The van der Waals surface area contributed by atoms with Crippen LogP contribution in [-0.2, 0) is 5.54 Å². The summed E-state index contributed by atoms with van der Waals surface area (Å²) in [4.78, 5) is 12.7. The van der Waals surface area contributed by atoms with Crippen molar-refractivity contribution in [3.05, 3.63) is 23.8 Å². The number of hydrogen-bond acceptors (Lipinski definition) is 4. The molecule has 5 aliphatic carbocycles. The van der Waals surface area contributed by atoms with Gasteiger partial charge in [0.15, 0.2) is 11.5 Å². The van der Waals surface area contributed by atoms with Crippen molar-refractivity contribution >= 4 is 6.03 Å². The molecule has 0 atom stereocenters. The quantitative estimate of drug-likeness (QED) is 0.746. The Morgan fingerprint density at radius 2 is 1.71 bits per heavy atom. The number of nitrogens with one attached hydrogen (secondary N) is 2. The Morgan fingerprint density at radius 3 is 2.39 bits per heavy atom. The molecule has 0 spiro atoms. The normalized spacial score (nSPS) is 38.3. The van der Waals surface area contributed by atoms with Gasteiger partial charge in [-0.1, -0.05) is 6.07 Å². The number of benzene rings is 1. The third-order valence-corrected chi connectivity index (χ3v) is 8.24. The van der Waals surface area contributed by atoms with Crippen LogP contribution in [0.5, 0.6) is 11.5 Å². The van der Waals surface area contributed by atoms with Gasteiger partial charge >= 0.3 is 6.03 Å². The Kier molecular flexibility index (Phi) is 3.50. The van der Waals surface area contributed by atoms with Crippen molar-refractivity contribution in [2.45, 2.75) is 56.0 Å². The molecule has 1 aromatic carbocycles. The molecule has 0 unspecified atom stereocenters. The van der Waals surface area contributed by atoms with E-state index in [0.717, 1.165) is 41.7 Å². The predicted octanol–water partition coefficient (Wildman–Crippen LogP) is 2.86. The summed E-state index contributed by atoms with van der Waals surface area (Å²) in [6.45, 7) is 0.854. The SMILES string of the molecule is NC1(CNC(=O)NC2(c3ccc4c(c3)OCO4)CC2)C2CC3CC(C2)CC1C3. The Labute approximate surface area is 165 Å². The second kappa shape index (κ2) is 5.78. The molecule has 7 rings (SSSR count). The number of hydrogen-bond donors (Lipinski definition) is 3. The Balaban J connectivity index is 1.12. The fourth-order valence-electron chi connectivity index (χ4n) is 6.65. The van der Waals surface area contributed by atoms with E-state index in [1.807, 2.05) is 18.2 Å². The molecule has 6 heteroatoms. The van der Waals surface area contributed by atoms with E-state index in [0.29, 0.717) is 18.4 Å². The maximum atomic E-state index is 12.7. The lowest BCUT2D eigenvalue weighted by Gasteiger charge is -2.59. The maximum Gasteiger partial charge on any atom is 0.315 e. The van der Waals surface area contributed by atoms with Crippen LogP contribution in [0.4, 0.5) is 4.79 Å². The largest absolute Gasteiger partial charge is 0.454 e. The molecule has 28 heavy (non-hydrogen) atoms. The van der Waals surface area contributed by atoms with Crippen LogP contribution in [0.15, 0.2) is 18.2 Å². The molecule has 4 N–H and O–H groups in total. The summed E-state index contributed by atoms with van der Waals surface area (Å²) in [5, 5.41) is 6.35. The summed E-state index contributed by atoms with van der Waals surface area (Å²) < 4.78 is 10.9. The molecule has 0 radical (unpaired) electrons. The first-order chi connectivity index (χ1) is 13.5. The highest BCUT2D eigenvalue weighted by atomic mass is 16.7. The summed E-state index contributed by atoms with van der Waals surface area (Å²) in [6, 6.07) is 5.86. The van der Waals surface area contributed by atoms with Gasteiger partial charge in [0.05, 0.1) is 5.54 Å². The van der Waals surface area contributed by atoms with Crippen molar-refractivity contribution in [3.8, 4) is 11.5 Å². The standard InChI is InChI=1S/C22H29N3O3/c23-22(16-6-13-5-14(8-16)9-17(22)7-13)11-24-20(26)25-21(3-4-21)15-1-2-18-19(10-15)28-12-27-18/h1-2,10,13-14,16-17H,3-9,11-12,23H2,(H2,24,25,26). The van der Waals surface area contributed by atoms with Crippen LogP contribution >= 0.6 is 0 Å². The van der Waals surface area contributed by atoms with E-state index >= 15 is 0 Å². The average molecular weight is 383 g/mol. The predicted molar refractivity (Wildman–Crippen MR) is 104 cm³/mol. The summed E-state index contributed by atoms with van der Waals surface area (Å²) >= 11 is 0. The lowest BCUT2D eigenvalue weighted by Crippen LogP contribution is -2.67. The molecule has 1 aromatic rings. The zero-order chi connectivity index (χ0) is 18.9. The number of nitrogens with two attached hydrogens (primary N) is 1. The van der Waals surface area contributed by atoms with Gasteiger partial charge in [0, 0.05) is 12.1 Å². The molecule has 5 fully saturated rings. The molecule has 0 aromatic heterocycles. The Morgan fingerprint density at radius 1 is 1.04 bits per heavy atom. The van der Waals surface area contributed by atoms with Crippen LogP contribution in [0.3, 0.4) is 0 Å². The average Bonchev–Trinajstić information content (AvgIpc) is 3.30. The summed E-state index contributed by atoms with van der Waals surface area (Å²) in [7, 11) is 0. The molecule has 150 valence electrons. The van der Waals surface area contributed by atoms with Gasteiger partial charge in [-0.2, -0.15) is 0 Å². The van der Waals surface area contributed by atoms with Crippen LogP contribution < -0.4 is 25.8 Å². The van der Waals surface area contributed by atoms with Crippen LogP contribution in [-0.4, -0.2) is 24.9 Å². The minimum Gasteiger partial charge on any atom is -0.454 e. The molecule has 1 aliphatic heterocycles. The van der Waals surface area contributed by atoms with E-state index in [1.54, 1.807) is 0 Å². The van der Waals surface area contributed by atoms with Gasteiger partial charge in [-0.3, -0.25) is 0 Å². The van der Waals surface area contributed by atoms with E-state index in [4.69, 9.17) is 15.2 Å². The van der Waals surface area contributed by atoms with Gasteiger partial charge in [0.1, 0.15) is 0 Å². The van der Waals surface area contributed by atoms with Crippen molar-refractivity contribution < 1.29 is 14.3 Å². The van der Waals surface area contributed by atoms with Gasteiger partial charge < -0.3 is 25.8 Å². The first kappa shape index (κ1) is 17.0. The van der Waals surface area contributed by atoms with Crippen LogP contribution in [0.1, 0.15) is 50.5 Å². The third-order valence-electron chi connectivity index (χ3n) is 8.24. The van der Waals surface area contributed by atoms with Crippen molar-refractivity contribution in [2.75, 3.05) is 13.3 Å². The molecule has 6 nitrogen and oxygen atoms in total. The smallest absolute Gasteiger partial charge is 0.315 e. The zero-order valence-electron chi connectivity index (χ0n) is 16.2. The Bertz CT molecular complexity index is 791. The molecular formula is C22H29N3O3. The van der Waals surface area contributed by atoms with Gasteiger partial charge in [0.2, 0.25) is 6.79 Å². The third kappa shape index (κ3) is 2.53. The highest BCUT2D eigenvalue weighted by molar-refractivity contribution is 5.76.